The topological polar surface area (TPSA) is 29.1 Å². The molecule has 1 N–H and O–H groups in total. The first kappa shape index (κ1) is 13.7. The van der Waals surface area contributed by atoms with Gasteiger partial charge in [0.25, 0.3) is 5.91 Å². The average Bonchev–Trinajstić information content (AvgIpc) is 2.85. The van der Waals surface area contributed by atoms with Crippen LogP contribution in [0.1, 0.15) is 33.9 Å². The van der Waals surface area contributed by atoms with Crippen LogP contribution in [0.4, 0.5) is 0 Å². The van der Waals surface area contributed by atoms with Crippen LogP contribution in [0, 0.1) is 0 Å². The van der Waals surface area contributed by atoms with Gasteiger partial charge in [-0.1, -0.05) is 51.8 Å². The molecular weight excluding hydrogens is 338 g/mol. The number of carbonyl (C=O) groups excluding carboxylic acids is 1. The van der Waals surface area contributed by atoms with Crippen LogP contribution in [0.25, 0.3) is 0 Å². The van der Waals surface area contributed by atoms with Crippen LogP contribution in [0.3, 0.4) is 0 Å². The van der Waals surface area contributed by atoms with Crippen molar-refractivity contribution in [3.05, 3.63) is 68.7 Å². The number of benzene rings is 2. The predicted octanol–water partition coefficient (Wildman–Crippen LogP) is 4.52. The van der Waals surface area contributed by atoms with Crippen molar-refractivity contribution < 1.29 is 4.79 Å². The van der Waals surface area contributed by atoms with Gasteiger partial charge >= 0.3 is 0 Å². The van der Waals surface area contributed by atoms with Gasteiger partial charge in [-0.05, 0) is 42.2 Å². The summed E-state index contributed by atoms with van der Waals surface area (Å²) in [6.45, 7) is 0. The highest BCUT2D eigenvalue weighted by atomic mass is 79.9. The third-order valence-corrected chi connectivity index (χ3v) is 4.43. The van der Waals surface area contributed by atoms with Crippen molar-refractivity contribution in [1.29, 1.82) is 0 Å². The van der Waals surface area contributed by atoms with Gasteiger partial charge in [-0.25, -0.2) is 0 Å². The molecule has 0 aliphatic heterocycles. The Hall–Kier alpha value is -1.32. The molecule has 102 valence electrons. The molecule has 3 rings (SSSR count). The number of amides is 1. The van der Waals surface area contributed by atoms with Crippen molar-refractivity contribution in [2.75, 3.05) is 0 Å². The summed E-state index contributed by atoms with van der Waals surface area (Å²) in [4.78, 5) is 12.4. The van der Waals surface area contributed by atoms with E-state index in [9.17, 15) is 4.79 Å². The summed E-state index contributed by atoms with van der Waals surface area (Å²) in [7, 11) is 0. The minimum atomic E-state index is -0.127. The molecule has 4 heteroatoms. The molecule has 2 aromatic rings. The molecule has 0 unspecified atom stereocenters. The van der Waals surface area contributed by atoms with E-state index in [4.69, 9.17) is 11.6 Å². The van der Waals surface area contributed by atoms with Crippen LogP contribution in [0.2, 0.25) is 5.02 Å². The molecule has 1 aliphatic carbocycles. The van der Waals surface area contributed by atoms with Gasteiger partial charge in [-0.3, -0.25) is 4.79 Å². The van der Waals surface area contributed by atoms with E-state index in [1.54, 1.807) is 12.1 Å². The zero-order valence-corrected chi connectivity index (χ0v) is 13.0. The fraction of sp³-hybridized carbons (Fsp3) is 0.188. The maximum atomic E-state index is 12.4. The predicted molar refractivity (Wildman–Crippen MR) is 84.1 cm³/mol. The van der Waals surface area contributed by atoms with Gasteiger partial charge in [-0.15, -0.1) is 0 Å². The first-order chi connectivity index (χ1) is 9.65. The highest BCUT2D eigenvalue weighted by Crippen LogP contribution is 2.31. The maximum absolute atomic E-state index is 12.4. The van der Waals surface area contributed by atoms with Gasteiger partial charge in [0.1, 0.15) is 0 Å². The van der Waals surface area contributed by atoms with Crippen LogP contribution in [-0.2, 0) is 6.42 Å². The van der Waals surface area contributed by atoms with Gasteiger partial charge in [-0.2, -0.15) is 0 Å². The van der Waals surface area contributed by atoms with Crippen LogP contribution < -0.4 is 5.32 Å². The molecule has 0 radical (unpaired) electrons. The Morgan fingerprint density at radius 1 is 1.25 bits per heavy atom. The van der Waals surface area contributed by atoms with Gasteiger partial charge in [0, 0.05) is 4.47 Å². The Kier molecular flexibility index (Phi) is 3.81. The van der Waals surface area contributed by atoms with Crippen molar-refractivity contribution in [3.8, 4) is 0 Å². The summed E-state index contributed by atoms with van der Waals surface area (Å²) in [6.07, 6.45) is 1.95. The molecule has 0 saturated heterocycles. The van der Waals surface area contributed by atoms with Gasteiger partial charge in [0.15, 0.2) is 0 Å². The van der Waals surface area contributed by atoms with Crippen molar-refractivity contribution in [3.63, 3.8) is 0 Å². The molecule has 0 saturated carbocycles. The van der Waals surface area contributed by atoms with Gasteiger partial charge in [0.05, 0.1) is 16.6 Å². The zero-order valence-electron chi connectivity index (χ0n) is 10.7. The first-order valence-electron chi connectivity index (χ1n) is 6.49. The van der Waals surface area contributed by atoms with Gasteiger partial charge in [0.2, 0.25) is 0 Å². The molecule has 0 heterocycles. The Labute approximate surface area is 131 Å². The molecule has 0 bridgehead atoms. The molecule has 1 amide bonds. The SMILES string of the molecule is O=C(N[C@H]1CCc2ccccc21)c1cc(Br)ccc1Cl. The Bertz CT molecular complexity index is 671. The Morgan fingerprint density at radius 3 is 2.90 bits per heavy atom. The lowest BCUT2D eigenvalue weighted by atomic mass is 10.1. The standard InChI is InChI=1S/C16H13BrClNO/c17-11-6-7-14(18)13(9-11)16(20)19-15-8-5-10-3-1-2-4-12(10)15/h1-4,6-7,9,15H,5,8H2,(H,19,20)/t15-/m0/s1. The third kappa shape index (κ3) is 2.60. The van der Waals surface area contributed by atoms with Crippen molar-refractivity contribution in [2.45, 2.75) is 18.9 Å². The van der Waals surface area contributed by atoms with Crippen molar-refractivity contribution >= 4 is 33.4 Å². The van der Waals surface area contributed by atoms with Gasteiger partial charge < -0.3 is 5.32 Å². The number of aryl methyl sites for hydroxylation is 1. The summed E-state index contributed by atoms with van der Waals surface area (Å²) in [5, 5.41) is 3.54. The van der Waals surface area contributed by atoms with E-state index in [1.807, 2.05) is 18.2 Å². The molecule has 0 fully saturated rings. The number of nitrogens with one attached hydrogen (secondary N) is 1. The normalized spacial score (nSPS) is 16.8. The smallest absolute Gasteiger partial charge is 0.253 e. The lowest BCUT2D eigenvalue weighted by molar-refractivity contribution is 0.0937. The molecule has 0 spiro atoms. The number of hydrogen-bond donors (Lipinski definition) is 1. The summed E-state index contributed by atoms with van der Waals surface area (Å²) in [5.74, 6) is -0.127. The summed E-state index contributed by atoms with van der Waals surface area (Å²) in [5.41, 5.74) is 3.04. The quantitative estimate of drug-likeness (QED) is 0.847. The average molecular weight is 351 g/mol. The maximum Gasteiger partial charge on any atom is 0.253 e. The van der Waals surface area contributed by atoms with E-state index in [0.717, 1.165) is 17.3 Å². The second-order valence-corrected chi connectivity index (χ2v) is 6.21. The second kappa shape index (κ2) is 5.58. The molecule has 0 aromatic heterocycles. The third-order valence-electron chi connectivity index (χ3n) is 3.61. The van der Waals surface area contributed by atoms with Crippen LogP contribution in [0.15, 0.2) is 46.9 Å². The van der Waals surface area contributed by atoms with Crippen molar-refractivity contribution in [2.24, 2.45) is 0 Å². The number of fused-ring (bicyclic) bond motifs is 1. The van der Waals surface area contributed by atoms with Crippen LogP contribution in [-0.4, -0.2) is 5.91 Å². The number of carbonyl (C=O) groups is 1. The van der Waals surface area contributed by atoms with E-state index < -0.39 is 0 Å². The van der Waals surface area contributed by atoms with E-state index in [-0.39, 0.29) is 11.9 Å². The lowest BCUT2D eigenvalue weighted by Gasteiger charge is -2.15. The Balaban J connectivity index is 1.82. The lowest BCUT2D eigenvalue weighted by Crippen LogP contribution is -2.27. The second-order valence-electron chi connectivity index (χ2n) is 4.89. The minimum Gasteiger partial charge on any atom is -0.345 e. The fourth-order valence-corrected chi connectivity index (χ4v) is 3.18. The zero-order chi connectivity index (χ0) is 14.1. The monoisotopic (exact) mass is 349 g/mol. The molecule has 1 atom stereocenters. The molecular formula is C16H13BrClNO. The summed E-state index contributed by atoms with van der Waals surface area (Å²) >= 11 is 9.46. The fourth-order valence-electron chi connectivity index (χ4n) is 2.61. The molecule has 2 aromatic carbocycles. The van der Waals surface area contributed by atoms with Crippen LogP contribution in [0.5, 0.6) is 0 Å². The minimum absolute atomic E-state index is 0.0775. The van der Waals surface area contributed by atoms with E-state index >= 15 is 0 Å². The Morgan fingerprint density at radius 2 is 2.05 bits per heavy atom. The van der Waals surface area contributed by atoms with Crippen molar-refractivity contribution in [1.82, 2.24) is 5.32 Å². The first-order valence-corrected chi connectivity index (χ1v) is 7.66. The summed E-state index contributed by atoms with van der Waals surface area (Å²) in [6, 6.07) is 13.6. The largest absolute Gasteiger partial charge is 0.345 e. The molecule has 20 heavy (non-hydrogen) atoms. The number of hydrogen-bond acceptors (Lipinski definition) is 1. The van der Waals surface area contributed by atoms with E-state index in [0.29, 0.717) is 10.6 Å². The number of halogens is 2. The molecule has 2 nitrogen and oxygen atoms in total. The van der Waals surface area contributed by atoms with E-state index in [2.05, 4.69) is 33.4 Å². The highest BCUT2D eigenvalue weighted by Gasteiger charge is 2.24. The van der Waals surface area contributed by atoms with Crippen LogP contribution >= 0.6 is 27.5 Å². The van der Waals surface area contributed by atoms with E-state index in [1.165, 1.54) is 11.1 Å². The summed E-state index contributed by atoms with van der Waals surface area (Å²) < 4.78 is 0.846. The highest BCUT2D eigenvalue weighted by molar-refractivity contribution is 9.10. The molecule has 1 aliphatic rings. The number of rotatable bonds is 2.